The number of hydrogen-bond acceptors (Lipinski definition) is 4. The fourth-order valence-corrected chi connectivity index (χ4v) is 2.67. The Balaban J connectivity index is 1.60. The zero-order chi connectivity index (χ0) is 18.5. The van der Waals surface area contributed by atoms with Crippen LogP contribution >= 0.6 is 11.6 Å². The van der Waals surface area contributed by atoms with Crippen LogP contribution in [0.5, 0.6) is 0 Å². The van der Waals surface area contributed by atoms with E-state index in [2.05, 4.69) is 10.4 Å². The molecule has 8 heteroatoms. The van der Waals surface area contributed by atoms with Crippen molar-refractivity contribution in [3.05, 3.63) is 87.2 Å². The Morgan fingerprint density at radius 1 is 1.23 bits per heavy atom. The van der Waals surface area contributed by atoms with E-state index in [0.717, 1.165) is 11.3 Å². The lowest BCUT2D eigenvalue weighted by atomic mass is 10.1. The van der Waals surface area contributed by atoms with Crippen molar-refractivity contribution in [3.63, 3.8) is 0 Å². The molecule has 1 N–H and O–H groups in total. The summed E-state index contributed by atoms with van der Waals surface area (Å²) in [6.45, 7) is 0.361. The SMILES string of the molecule is O=C(NCCc1ccc(-n2cccn2)cc1)c1ccc(Cl)cc1[N+](=O)[O-]. The minimum Gasteiger partial charge on any atom is -0.351 e. The maximum Gasteiger partial charge on any atom is 0.283 e. The molecule has 132 valence electrons. The fraction of sp³-hybridized carbons (Fsp3) is 0.111. The number of nitro benzene ring substituents is 1. The smallest absolute Gasteiger partial charge is 0.283 e. The number of hydrogen-bond donors (Lipinski definition) is 1. The van der Waals surface area contributed by atoms with Gasteiger partial charge in [-0.05, 0) is 42.3 Å². The van der Waals surface area contributed by atoms with Gasteiger partial charge in [-0.3, -0.25) is 14.9 Å². The van der Waals surface area contributed by atoms with Crippen LogP contribution in [0.15, 0.2) is 60.9 Å². The Kier molecular flexibility index (Phi) is 5.28. The lowest BCUT2D eigenvalue weighted by molar-refractivity contribution is -0.385. The van der Waals surface area contributed by atoms with E-state index in [4.69, 9.17) is 11.6 Å². The number of aromatic nitrogens is 2. The van der Waals surface area contributed by atoms with E-state index in [1.165, 1.54) is 18.2 Å². The first-order valence-corrected chi connectivity index (χ1v) is 8.23. The molecular formula is C18H15ClN4O3. The number of rotatable bonds is 6. The van der Waals surface area contributed by atoms with Gasteiger partial charge in [-0.25, -0.2) is 4.68 Å². The molecule has 3 rings (SSSR count). The number of nitro groups is 1. The van der Waals surface area contributed by atoms with Gasteiger partial charge in [0, 0.05) is 30.0 Å². The highest BCUT2D eigenvalue weighted by Gasteiger charge is 2.20. The number of amides is 1. The Hall–Kier alpha value is -3.19. The molecule has 1 heterocycles. The fourth-order valence-electron chi connectivity index (χ4n) is 2.50. The van der Waals surface area contributed by atoms with Crippen LogP contribution in [-0.2, 0) is 6.42 Å². The molecule has 1 amide bonds. The molecule has 26 heavy (non-hydrogen) atoms. The van der Waals surface area contributed by atoms with Crippen LogP contribution in [0.3, 0.4) is 0 Å². The number of benzene rings is 2. The van der Waals surface area contributed by atoms with Gasteiger partial charge in [0.15, 0.2) is 0 Å². The summed E-state index contributed by atoms with van der Waals surface area (Å²) >= 11 is 5.76. The van der Waals surface area contributed by atoms with Crippen LogP contribution in [0, 0.1) is 10.1 Å². The molecule has 0 saturated carbocycles. The summed E-state index contributed by atoms with van der Waals surface area (Å²) in [4.78, 5) is 22.7. The number of carbonyl (C=O) groups excluding carboxylic acids is 1. The van der Waals surface area contributed by atoms with Crippen molar-refractivity contribution in [3.8, 4) is 5.69 Å². The first kappa shape index (κ1) is 17.6. The van der Waals surface area contributed by atoms with E-state index in [1.807, 2.05) is 36.5 Å². The van der Waals surface area contributed by atoms with Gasteiger partial charge in [-0.2, -0.15) is 5.10 Å². The van der Waals surface area contributed by atoms with Gasteiger partial charge in [0.2, 0.25) is 0 Å². The number of halogens is 1. The van der Waals surface area contributed by atoms with Crippen LogP contribution in [0.25, 0.3) is 5.69 Å². The maximum atomic E-state index is 12.2. The van der Waals surface area contributed by atoms with Crippen molar-refractivity contribution < 1.29 is 9.72 Å². The first-order chi connectivity index (χ1) is 12.5. The largest absolute Gasteiger partial charge is 0.351 e. The zero-order valence-corrected chi connectivity index (χ0v) is 14.4. The third-order valence-corrected chi connectivity index (χ3v) is 4.04. The van der Waals surface area contributed by atoms with E-state index >= 15 is 0 Å². The van der Waals surface area contributed by atoms with Gasteiger partial charge in [0.25, 0.3) is 11.6 Å². The average molecular weight is 371 g/mol. The van der Waals surface area contributed by atoms with Crippen molar-refractivity contribution in [1.82, 2.24) is 15.1 Å². The van der Waals surface area contributed by atoms with Gasteiger partial charge >= 0.3 is 0 Å². The van der Waals surface area contributed by atoms with Crippen LogP contribution in [-0.4, -0.2) is 27.2 Å². The summed E-state index contributed by atoms with van der Waals surface area (Å²) in [7, 11) is 0. The third-order valence-electron chi connectivity index (χ3n) is 3.81. The molecular weight excluding hydrogens is 356 g/mol. The van der Waals surface area contributed by atoms with Gasteiger partial charge in [-0.1, -0.05) is 23.7 Å². The Morgan fingerprint density at radius 3 is 2.65 bits per heavy atom. The van der Waals surface area contributed by atoms with E-state index < -0.39 is 10.8 Å². The second kappa shape index (κ2) is 7.79. The highest BCUT2D eigenvalue weighted by Crippen LogP contribution is 2.23. The van der Waals surface area contributed by atoms with Gasteiger partial charge in [-0.15, -0.1) is 0 Å². The predicted molar refractivity (Wildman–Crippen MR) is 97.7 cm³/mol. The maximum absolute atomic E-state index is 12.2. The van der Waals surface area contributed by atoms with Gasteiger partial charge in [0.1, 0.15) is 5.56 Å². The Morgan fingerprint density at radius 2 is 2.00 bits per heavy atom. The summed E-state index contributed by atoms with van der Waals surface area (Å²) < 4.78 is 1.76. The minimum absolute atomic E-state index is 0.00608. The molecule has 0 fully saturated rings. The lowest BCUT2D eigenvalue weighted by Gasteiger charge is -2.07. The summed E-state index contributed by atoms with van der Waals surface area (Å²) in [6, 6.07) is 13.6. The summed E-state index contributed by atoms with van der Waals surface area (Å²) in [5.41, 5.74) is 1.67. The van der Waals surface area contributed by atoms with Crippen molar-refractivity contribution >= 4 is 23.2 Å². The van der Waals surface area contributed by atoms with Crippen molar-refractivity contribution in [2.45, 2.75) is 6.42 Å². The molecule has 0 aliphatic heterocycles. The average Bonchev–Trinajstić information content (AvgIpc) is 3.16. The molecule has 0 bridgehead atoms. The Labute approximate surface area is 154 Å². The number of nitrogens with zero attached hydrogens (tertiary/aromatic N) is 3. The third kappa shape index (κ3) is 4.07. The molecule has 0 atom stereocenters. The van der Waals surface area contributed by atoms with Crippen molar-refractivity contribution in [2.75, 3.05) is 6.54 Å². The second-order valence-electron chi connectivity index (χ2n) is 5.54. The quantitative estimate of drug-likeness (QED) is 0.531. The van der Waals surface area contributed by atoms with Crippen LogP contribution in [0.2, 0.25) is 5.02 Å². The Bertz CT molecular complexity index is 924. The van der Waals surface area contributed by atoms with Crippen LogP contribution in [0.1, 0.15) is 15.9 Å². The van der Waals surface area contributed by atoms with E-state index in [1.54, 1.807) is 10.9 Å². The summed E-state index contributed by atoms with van der Waals surface area (Å²) in [5.74, 6) is -0.499. The lowest BCUT2D eigenvalue weighted by Crippen LogP contribution is -2.26. The van der Waals surface area contributed by atoms with Crippen molar-refractivity contribution in [1.29, 1.82) is 0 Å². The summed E-state index contributed by atoms with van der Waals surface area (Å²) in [5, 5.41) is 18.1. The zero-order valence-electron chi connectivity index (χ0n) is 13.6. The molecule has 0 aliphatic rings. The molecule has 0 aliphatic carbocycles. The number of carbonyl (C=O) groups is 1. The predicted octanol–water partition coefficient (Wildman–Crippen LogP) is 3.41. The minimum atomic E-state index is -0.616. The van der Waals surface area contributed by atoms with E-state index in [0.29, 0.717) is 13.0 Å². The van der Waals surface area contributed by atoms with Gasteiger partial charge < -0.3 is 5.32 Å². The molecule has 1 aromatic heterocycles. The highest BCUT2D eigenvalue weighted by molar-refractivity contribution is 6.31. The first-order valence-electron chi connectivity index (χ1n) is 7.86. The summed E-state index contributed by atoms with van der Waals surface area (Å²) in [6.07, 6.45) is 4.17. The molecule has 3 aromatic rings. The van der Waals surface area contributed by atoms with Gasteiger partial charge in [0.05, 0.1) is 10.6 Å². The molecule has 0 unspecified atom stereocenters. The van der Waals surface area contributed by atoms with Crippen molar-refractivity contribution in [2.24, 2.45) is 0 Å². The molecule has 2 aromatic carbocycles. The molecule has 0 saturated heterocycles. The molecule has 7 nitrogen and oxygen atoms in total. The number of nitrogens with one attached hydrogen (secondary N) is 1. The molecule has 0 spiro atoms. The monoisotopic (exact) mass is 370 g/mol. The highest BCUT2D eigenvalue weighted by atomic mass is 35.5. The van der Waals surface area contributed by atoms with E-state index in [9.17, 15) is 14.9 Å². The van der Waals surface area contributed by atoms with Crippen LogP contribution < -0.4 is 5.32 Å². The van der Waals surface area contributed by atoms with Crippen LogP contribution in [0.4, 0.5) is 5.69 Å². The van der Waals surface area contributed by atoms with E-state index in [-0.39, 0.29) is 16.3 Å². The molecule has 0 radical (unpaired) electrons. The topological polar surface area (TPSA) is 90.1 Å². The second-order valence-corrected chi connectivity index (χ2v) is 5.98. The standard InChI is InChI=1S/C18H15ClN4O3/c19-14-4-7-16(17(12-14)23(25)26)18(24)20-10-8-13-2-5-15(6-3-13)22-11-1-9-21-22/h1-7,9,11-12H,8,10H2,(H,20,24). The normalized spacial score (nSPS) is 10.5.